The lowest BCUT2D eigenvalue weighted by Crippen LogP contribution is -2.44. The van der Waals surface area contributed by atoms with Crippen LogP contribution in [0, 0.1) is 0 Å². The molecule has 0 radical (unpaired) electrons. The topological polar surface area (TPSA) is 94.9 Å². The van der Waals surface area contributed by atoms with E-state index in [9.17, 15) is 19.5 Å². The van der Waals surface area contributed by atoms with E-state index in [0.717, 1.165) is 21.5 Å². The van der Waals surface area contributed by atoms with Crippen LogP contribution in [0.4, 0.5) is 0 Å². The average Bonchev–Trinajstić information content (AvgIpc) is 3.02. The van der Waals surface area contributed by atoms with Gasteiger partial charge in [0.25, 0.3) is 5.91 Å². The Kier molecular flexibility index (Phi) is 5.33. The van der Waals surface area contributed by atoms with Crippen LogP contribution in [0.15, 0.2) is 22.4 Å². The van der Waals surface area contributed by atoms with Crippen LogP contribution in [0.5, 0.6) is 0 Å². The standard InChI is InChI=1S/C13H11NO5S3/c15-10(16)4-3-8(12(18)19)14-11(17)9(22-13(14)20)6-7-2-1-5-21-7/h1-2,5-6,8H,3-4H2,(H,15,16)(H,18,19)/b9-6-/t8-/m1/s1. The van der Waals surface area contributed by atoms with E-state index in [4.69, 9.17) is 17.3 Å². The maximum Gasteiger partial charge on any atom is 0.326 e. The zero-order valence-electron chi connectivity index (χ0n) is 11.1. The molecule has 9 heteroatoms. The van der Waals surface area contributed by atoms with Gasteiger partial charge in [0.2, 0.25) is 0 Å². The summed E-state index contributed by atoms with van der Waals surface area (Å²) in [5.41, 5.74) is 0. The molecule has 1 fully saturated rings. The summed E-state index contributed by atoms with van der Waals surface area (Å²) in [5.74, 6) is -2.89. The molecule has 116 valence electrons. The Hall–Kier alpha value is -1.71. The largest absolute Gasteiger partial charge is 0.481 e. The number of hydrogen-bond acceptors (Lipinski definition) is 6. The highest BCUT2D eigenvalue weighted by Crippen LogP contribution is 2.35. The third-order valence-electron chi connectivity index (χ3n) is 2.87. The van der Waals surface area contributed by atoms with Crippen LogP contribution >= 0.6 is 35.3 Å². The summed E-state index contributed by atoms with van der Waals surface area (Å²) in [7, 11) is 0. The lowest BCUT2D eigenvalue weighted by molar-refractivity contribution is -0.146. The molecule has 0 unspecified atom stereocenters. The minimum Gasteiger partial charge on any atom is -0.481 e. The summed E-state index contributed by atoms with van der Waals surface area (Å²) in [6.45, 7) is 0. The number of nitrogens with zero attached hydrogens (tertiary/aromatic N) is 1. The number of aliphatic carboxylic acids is 2. The maximum absolute atomic E-state index is 12.4. The van der Waals surface area contributed by atoms with Crippen LogP contribution < -0.4 is 0 Å². The van der Waals surface area contributed by atoms with Crippen LogP contribution in [-0.4, -0.2) is 43.3 Å². The summed E-state index contributed by atoms with van der Waals surface area (Å²) in [5, 5.41) is 19.8. The van der Waals surface area contributed by atoms with Crippen molar-refractivity contribution < 1.29 is 24.6 Å². The van der Waals surface area contributed by atoms with Gasteiger partial charge in [-0.2, -0.15) is 0 Å². The second-order valence-electron chi connectivity index (χ2n) is 4.35. The fraction of sp³-hybridized carbons (Fsp3) is 0.231. The summed E-state index contributed by atoms with van der Waals surface area (Å²) in [4.78, 5) is 36.5. The second-order valence-corrected chi connectivity index (χ2v) is 7.01. The number of carboxylic acid groups (broad SMARTS) is 2. The molecule has 0 spiro atoms. The Morgan fingerprint density at radius 3 is 2.68 bits per heavy atom. The molecule has 22 heavy (non-hydrogen) atoms. The Morgan fingerprint density at radius 2 is 2.14 bits per heavy atom. The second kappa shape index (κ2) is 7.03. The molecule has 2 heterocycles. The number of carbonyl (C=O) groups is 3. The van der Waals surface area contributed by atoms with Gasteiger partial charge in [-0.25, -0.2) is 4.79 Å². The number of thiocarbonyl (C=S) groups is 1. The highest BCUT2D eigenvalue weighted by Gasteiger charge is 2.40. The first-order valence-electron chi connectivity index (χ1n) is 6.15. The van der Waals surface area contributed by atoms with Crippen molar-refractivity contribution >= 4 is 63.6 Å². The fourth-order valence-electron chi connectivity index (χ4n) is 1.87. The molecule has 0 aliphatic carbocycles. The molecule has 1 aliphatic rings. The maximum atomic E-state index is 12.4. The van der Waals surface area contributed by atoms with Gasteiger partial charge in [0.1, 0.15) is 10.4 Å². The van der Waals surface area contributed by atoms with Crippen molar-refractivity contribution in [2.45, 2.75) is 18.9 Å². The molecule has 6 nitrogen and oxygen atoms in total. The Bertz CT molecular complexity index is 653. The molecule has 1 aromatic rings. The van der Waals surface area contributed by atoms with Gasteiger partial charge in [-0.15, -0.1) is 11.3 Å². The van der Waals surface area contributed by atoms with E-state index in [0.29, 0.717) is 4.91 Å². The van der Waals surface area contributed by atoms with Gasteiger partial charge in [-0.05, 0) is 23.9 Å². The van der Waals surface area contributed by atoms with Crippen molar-refractivity contribution in [3.63, 3.8) is 0 Å². The van der Waals surface area contributed by atoms with Gasteiger partial charge in [0.15, 0.2) is 0 Å². The van der Waals surface area contributed by atoms with E-state index in [1.807, 2.05) is 17.5 Å². The van der Waals surface area contributed by atoms with Crippen LogP contribution in [0.3, 0.4) is 0 Å². The number of carbonyl (C=O) groups excluding carboxylic acids is 1. The predicted molar refractivity (Wildman–Crippen MR) is 87.6 cm³/mol. The quantitative estimate of drug-likeness (QED) is 0.595. The van der Waals surface area contributed by atoms with Crippen LogP contribution in [0.2, 0.25) is 0 Å². The normalized spacial score (nSPS) is 18.0. The van der Waals surface area contributed by atoms with Gasteiger partial charge in [-0.1, -0.05) is 30.0 Å². The first-order valence-corrected chi connectivity index (χ1v) is 8.25. The van der Waals surface area contributed by atoms with Crippen LogP contribution in [0.25, 0.3) is 6.08 Å². The van der Waals surface area contributed by atoms with Crippen molar-refractivity contribution in [2.24, 2.45) is 0 Å². The zero-order chi connectivity index (χ0) is 16.3. The van der Waals surface area contributed by atoms with Gasteiger partial charge >= 0.3 is 11.9 Å². The van der Waals surface area contributed by atoms with Gasteiger partial charge in [0.05, 0.1) is 4.91 Å². The van der Waals surface area contributed by atoms with Crippen molar-refractivity contribution in [1.29, 1.82) is 0 Å². The Balaban J connectivity index is 2.22. The highest BCUT2D eigenvalue weighted by molar-refractivity contribution is 8.26. The summed E-state index contributed by atoms with van der Waals surface area (Å²) in [6.07, 6.45) is 1.11. The minimum atomic E-state index is -1.27. The predicted octanol–water partition coefficient (Wildman–Crippen LogP) is 2.27. The van der Waals surface area contributed by atoms with Crippen molar-refractivity contribution in [2.75, 3.05) is 0 Å². The number of hydrogen-bond donors (Lipinski definition) is 2. The number of thioether (sulfide) groups is 1. The minimum absolute atomic E-state index is 0.130. The molecule has 1 saturated heterocycles. The monoisotopic (exact) mass is 357 g/mol. The van der Waals surface area contributed by atoms with Gasteiger partial charge < -0.3 is 10.2 Å². The van der Waals surface area contributed by atoms with Crippen molar-refractivity contribution in [1.82, 2.24) is 4.90 Å². The molecule has 1 aliphatic heterocycles. The summed E-state index contributed by atoms with van der Waals surface area (Å²) >= 11 is 7.56. The fourth-order valence-corrected chi connectivity index (χ4v) is 3.95. The van der Waals surface area contributed by atoms with Crippen molar-refractivity contribution in [3.05, 3.63) is 27.3 Å². The SMILES string of the molecule is O=C(O)CC[C@H](C(=O)O)N1C(=O)/C(=C/c2cccs2)SC1=S. The molecule has 1 aromatic heterocycles. The van der Waals surface area contributed by atoms with E-state index < -0.39 is 23.9 Å². The molecule has 2 N–H and O–H groups in total. The highest BCUT2D eigenvalue weighted by atomic mass is 32.2. The van der Waals surface area contributed by atoms with Crippen molar-refractivity contribution in [3.8, 4) is 0 Å². The van der Waals surface area contributed by atoms with Gasteiger partial charge in [-0.3, -0.25) is 14.5 Å². The van der Waals surface area contributed by atoms with E-state index in [-0.39, 0.29) is 17.2 Å². The molecular formula is C13H11NO5S3. The number of carboxylic acids is 2. The molecular weight excluding hydrogens is 346 g/mol. The smallest absolute Gasteiger partial charge is 0.326 e. The molecule has 0 aromatic carbocycles. The lowest BCUT2D eigenvalue weighted by Gasteiger charge is -2.22. The number of thiophene rings is 1. The number of rotatable bonds is 6. The number of amides is 1. The van der Waals surface area contributed by atoms with Gasteiger partial charge in [0, 0.05) is 11.3 Å². The molecule has 0 saturated carbocycles. The summed E-state index contributed by atoms with van der Waals surface area (Å²) < 4.78 is 0.130. The Labute approximate surface area is 139 Å². The van der Waals surface area contributed by atoms with Crippen LogP contribution in [-0.2, 0) is 14.4 Å². The van der Waals surface area contributed by atoms with E-state index in [1.165, 1.54) is 11.3 Å². The molecule has 2 rings (SSSR count). The van der Waals surface area contributed by atoms with E-state index >= 15 is 0 Å². The molecule has 1 amide bonds. The van der Waals surface area contributed by atoms with E-state index in [1.54, 1.807) is 6.08 Å². The zero-order valence-corrected chi connectivity index (χ0v) is 13.5. The Morgan fingerprint density at radius 1 is 1.41 bits per heavy atom. The first-order chi connectivity index (χ1) is 10.4. The molecule has 1 atom stereocenters. The third-order valence-corrected chi connectivity index (χ3v) is 5.02. The lowest BCUT2D eigenvalue weighted by atomic mass is 10.1. The average molecular weight is 357 g/mol. The third kappa shape index (κ3) is 3.73. The molecule has 0 bridgehead atoms. The van der Waals surface area contributed by atoms with Crippen LogP contribution in [0.1, 0.15) is 17.7 Å². The van der Waals surface area contributed by atoms with E-state index in [2.05, 4.69) is 0 Å². The summed E-state index contributed by atoms with van der Waals surface area (Å²) in [6, 6.07) is 2.40. The first kappa shape index (κ1) is 16.7.